The van der Waals surface area contributed by atoms with Gasteiger partial charge in [-0.3, -0.25) is 4.79 Å². The Hall–Kier alpha value is -1.06. The molecule has 1 aromatic rings. The summed E-state index contributed by atoms with van der Waals surface area (Å²) < 4.78 is 5.15. The maximum Gasteiger partial charge on any atom is 0.309 e. The van der Waals surface area contributed by atoms with Crippen LogP contribution in [0.5, 0.6) is 0 Å². The highest BCUT2D eigenvalue weighted by Crippen LogP contribution is 2.14. The number of carbonyl (C=O) groups is 1. The van der Waals surface area contributed by atoms with Crippen molar-refractivity contribution in [3.8, 4) is 0 Å². The zero-order valence-corrected chi connectivity index (χ0v) is 12.8. The molecule has 0 heterocycles. The molecule has 108 valence electrons. The third-order valence-corrected chi connectivity index (χ3v) is 2.87. The normalized spacial score (nSPS) is 11.8. The number of halogens is 1. The van der Waals surface area contributed by atoms with E-state index in [0.717, 1.165) is 19.4 Å². The second-order valence-corrected chi connectivity index (χ2v) is 4.73. The highest BCUT2D eigenvalue weighted by atomic mass is 35.5. The number of benzene rings is 1. The molecule has 0 aliphatic rings. The van der Waals surface area contributed by atoms with E-state index in [9.17, 15) is 4.79 Å². The van der Waals surface area contributed by atoms with Crippen molar-refractivity contribution in [3.05, 3.63) is 35.9 Å². The predicted molar refractivity (Wildman–Crippen MR) is 80.7 cm³/mol. The Morgan fingerprint density at radius 3 is 2.42 bits per heavy atom. The molecule has 4 heteroatoms. The first-order chi connectivity index (χ1) is 8.63. The zero-order valence-electron chi connectivity index (χ0n) is 12.0. The summed E-state index contributed by atoms with van der Waals surface area (Å²) >= 11 is 0. The summed E-state index contributed by atoms with van der Waals surface area (Å²) in [5, 5.41) is 0. The Bertz CT molecular complexity index is 354. The van der Waals surface area contributed by atoms with Crippen molar-refractivity contribution in [2.75, 3.05) is 27.2 Å². The fraction of sp³-hybridized carbons (Fsp3) is 0.533. The van der Waals surface area contributed by atoms with Crippen molar-refractivity contribution in [3.63, 3.8) is 0 Å². The molecular formula is C15H24ClNO2. The summed E-state index contributed by atoms with van der Waals surface area (Å²) in [5.74, 6) is -0.127. The molecule has 0 aliphatic heterocycles. The SMILES string of the molecule is CCOC(=O)C(CCN(C)C)Cc1ccccc1.Cl. The van der Waals surface area contributed by atoms with Crippen LogP contribution in [0.2, 0.25) is 0 Å². The van der Waals surface area contributed by atoms with Crippen LogP contribution < -0.4 is 0 Å². The molecule has 0 radical (unpaired) electrons. The van der Waals surface area contributed by atoms with Crippen LogP contribution in [0.1, 0.15) is 18.9 Å². The number of esters is 1. The van der Waals surface area contributed by atoms with E-state index < -0.39 is 0 Å². The van der Waals surface area contributed by atoms with Crippen molar-refractivity contribution in [1.82, 2.24) is 4.90 Å². The van der Waals surface area contributed by atoms with Gasteiger partial charge in [-0.15, -0.1) is 12.4 Å². The number of nitrogens with zero attached hydrogens (tertiary/aromatic N) is 1. The molecule has 19 heavy (non-hydrogen) atoms. The summed E-state index contributed by atoms with van der Waals surface area (Å²) in [4.78, 5) is 14.0. The smallest absolute Gasteiger partial charge is 0.309 e. The molecule has 0 spiro atoms. The van der Waals surface area contributed by atoms with Gasteiger partial charge in [0.05, 0.1) is 12.5 Å². The molecule has 0 amide bonds. The minimum atomic E-state index is -0.0804. The van der Waals surface area contributed by atoms with Crippen LogP contribution in [0.4, 0.5) is 0 Å². The van der Waals surface area contributed by atoms with Crippen LogP contribution in [0.15, 0.2) is 30.3 Å². The minimum absolute atomic E-state index is 0. The van der Waals surface area contributed by atoms with Crippen molar-refractivity contribution >= 4 is 18.4 Å². The van der Waals surface area contributed by atoms with E-state index in [0.29, 0.717) is 6.61 Å². The van der Waals surface area contributed by atoms with Gasteiger partial charge in [-0.25, -0.2) is 0 Å². The highest BCUT2D eigenvalue weighted by Gasteiger charge is 2.20. The molecule has 0 aliphatic carbocycles. The van der Waals surface area contributed by atoms with E-state index in [4.69, 9.17) is 4.74 Å². The van der Waals surface area contributed by atoms with Crippen LogP contribution in [0.3, 0.4) is 0 Å². The Morgan fingerprint density at radius 1 is 1.26 bits per heavy atom. The van der Waals surface area contributed by atoms with Crippen molar-refractivity contribution in [2.45, 2.75) is 19.8 Å². The van der Waals surface area contributed by atoms with Gasteiger partial charge < -0.3 is 9.64 Å². The molecule has 0 aromatic heterocycles. The second kappa shape index (κ2) is 9.82. The second-order valence-electron chi connectivity index (χ2n) is 4.73. The molecule has 0 saturated carbocycles. The van der Waals surface area contributed by atoms with Crippen molar-refractivity contribution in [1.29, 1.82) is 0 Å². The van der Waals surface area contributed by atoms with Crippen LogP contribution in [0.25, 0.3) is 0 Å². The average Bonchev–Trinajstić information content (AvgIpc) is 2.35. The molecule has 1 unspecified atom stereocenters. The van der Waals surface area contributed by atoms with E-state index in [-0.39, 0.29) is 24.3 Å². The lowest BCUT2D eigenvalue weighted by atomic mass is 9.96. The molecule has 0 N–H and O–H groups in total. The molecule has 1 rings (SSSR count). The average molecular weight is 286 g/mol. The number of ether oxygens (including phenoxy) is 1. The summed E-state index contributed by atoms with van der Waals surface area (Å²) in [6.07, 6.45) is 1.59. The lowest BCUT2D eigenvalue weighted by molar-refractivity contribution is -0.148. The van der Waals surface area contributed by atoms with E-state index in [2.05, 4.69) is 17.0 Å². The van der Waals surface area contributed by atoms with Gasteiger partial charge in [-0.05, 0) is 46.0 Å². The van der Waals surface area contributed by atoms with Gasteiger partial charge in [0.2, 0.25) is 0 Å². The number of rotatable bonds is 7. The fourth-order valence-electron chi connectivity index (χ4n) is 1.88. The maximum absolute atomic E-state index is 11.9. The van der Waals surface area contributed by atoms with Crippen LogP contribution >= 0.6 is 12.4 Å². The van der Waals surface area contributed by atoms with Crippen molar-refractivity contribution in [2.24, 2.45) is 5.92 Å². The summed E-state index contributed by atoms with van der Waals surface area (Å²) in [5.41, 5.74) is 1.19. The fourth-order valence-corrected chi connectivity index (χ4v) is 1.88. The van der Waals surface area contributed by atoms with Crippen LogP contribution in [-0.4, -0.2) is 38.1 Å². The Morgan fingerprint density at radius 2 is 1.89 bits per heavy atom. The predicted octanol–water partition coefficient (Wildman–Crippen LogP) is 2.78. The zero-order chi connectivity index (χ0) is 13.4. The Balaban J connectivity index is 0.00000324. The molecule has 0 saturated heterocycles. The first-order valence-corrected chi connectivity index (χ1v) is 6.48. The quantitative estimate of drug-likeness (QED) is 0.722. The molecular weight excluding hydrogens is 262 g/mol. The molecule has 0 fully saturated rings. The van der Waals surface area contributed by atoms with Gasteiger partial charge in [-0.2, -0.15) is 0 Å². The van der Waals surface area contributed by atoms with Gasteiger partial charge in [0.1, 0.15) is 0 Å². The maximum atomic E-state index is 11.9. The van der Waals surface area contributed by atoms with E-state index >= 15 is 0 Å². The Kier molecular flexibility index (Phi) is 9.27. The number of carbonyl (C=O) groups excluding carboxylic acids is 1. The van der Waals surface area contributed by atoms with Gasteiger partial charge >= 0.3 is 5.97 Å². The van der Waals surface area contributed by atoms with E-state index in [1.807, 2.05) is 39.2 Å². The minimum Gasteiger partial charge on any atom is -0.466 e. The summed E-state index contributed by atoms with van der Waals surface area (Å²) in [7, 11) is 4.04. The molecule has 1 aromatic carbocycles. The number of hydrogen-bond donors (Lipinski definition) is 0. The Labute approximate surface area is 122 Å². The van der Waals surface area contributed by atoms with Crippen molar-refractivity contribution < 1.29 is 9.53 Å². The monoisotopic (exact) mass is 285 g/mol. The number of hydrogen-bond acceptors (Lipinski definition) is 3. The lowest BCUT2D eigenvalue weighted by Gasteiger charge is -2.18. The topological polar surface area (TPSA) is 29.5 Å². The van der Waals surface area contributed by atoms with Crippen LogP contribution in [0, 0.1) is 5.92 Å². The lowest BCUT2D eigenvalue weighted by Crippen LogP contribution is -2.25. The first-order valence-electron chi connectivity index (χ1n) is 6.48. The molecule has 1 atom stereocenters. The standard InChI is InChI=1S/C15H23NO2.ClH/c1-4-18-15(17)14(10-11-16(2)3)12-13-8-6-5-7-9-13;/h5-9,14H,4,10-12H2,1-3H3;1H. The van der Waals surface area contributed by atoms with Gasteiger partial charge in [0.15, 0.2) is 0 Å². The van der Waals surface area contributed by atoms with Gasteiger partial charge in [0, 0.05) is 0 Å². The third-order valence-electron chi connectivity index (χ3n) is 2.87. The summed E-state index contributed by atoms with van der Waals surface area (Å²) in [6.45, 7) is 3.20. The highest BCUT2D eigenvalue weighted by molar-refractivity contribution is 5.85. The molecule has 0 bridgehead atoms. The van der Waals surface area contributed by atoms with E-state index in [1.165, 1.54) is 5.56 Å². The third kappa shape index (κ3) is 7.19. The molecule has 3 nitrogen and oxygen atoms in total. The van der Waals surface area contributed by atoms with Gasteiger partial charge in [0.25, 0.3) is 0 Å². The largest absolute Gasteiger partial charge is 0.466 e. The summed E-state index contributed by atoms with van der Waals surface area (Å²) in [6, 6.07) is 10.1. The van der Waals surface area contributed by atoms with E-state index in [1.54, 1.807) is 0 Å². The first kappa shape index (κ1) is 17.9. The van der Waals surface area contributed by atoms with Gasteiger partial charge in [-0.1, -0.05) is 30.3 Å². The van der Waals surface area contributed by atoms with Crippen LogP contribution in [-0.2, 0) is 16.0 Å².